The molecule has 3 aliphatic heterocycles. The Morgan fingerprint density at radius 1 is 1.50 bits per heavy atom. The first kappa shape index (κ1) is 13.4. The lowest BCUT2D eigenvalue weighted by atomic mass is 10.1. The number of aliphatic hydroxyl groups excluding tert-OH is 2. The molecule has 0 bridgehead atoms. The quantitative estimate of drug-likeness (QED) is 0.526. The molecular weight excluding hydrogens is 266 g/mol. The van der Waals surface area contributed by atoms with Crippen LogP contribution in [0, 0.1) is 0 Å². The summed E-state index contributed by atoms with van der Waals surface area (Å²) in [5, 5.41) is 19.3. The van der Waals surface area contributed by atoms with Gasteiger partial charge >= 0.3 is 0 Å². The fraction of sp³-hybridized carbons (Fsp3) is 0.727. The van der Waals surface area contributed by atoms with Crippen molar-refractivity contribution in [3.63, 3.8) is 0 Å². The van der Waals surface area contributed by atoms with Crippen LogP contribution in [0.1, 0.15) is 0 Å². The number of nitrogens with zero attached hydrogens (tertiary/aromatic N) is 4. The highest BCUT2D eigenvalue weighted by Crippen LogP contribution is 2.30. The van der Waals surface area contributed by atoms with Crippen molar-refractivity contribution in [2.45, 2.75) is 36.7 Å². The molecule has 3 rings (SSSR count). The summed E-state index contributed by atoms with van der Waals surface area (Å²) in [6.07, 6.45) is -0.211. The van der Waals surface area contributed by atoms with Crippen LogP contribution in [0.15, 0.2) is 15.0 Å². The summed E-state index contributed by atoms with van der Waals surface area (Å²) < 4.78 is 10.9. The monoisotopic (exact) mass is 283 g/mol. The third-order valence-corrected chi connectivity index (χ3v) is 3.74. The van der Waals surface area contributed by atoms with E-state index in [-0.39, 0.29) is 18.8 Å². The van der Waals surface area contributed by atoms with E-state index in [1.165, 1.54) is 13.4 Å². The van der Waals surface area contributed by atoms with Crippen molar-refractivity contribution in [3.05, 3.63) is 0 Å². The first-order valence-electron chi connectivity index (χ1n) is 6.30. The molecular formula is C11H17N5O4. The topological polar surface area (TPSA) is 125 Å². The molecule has 0 radical (unpaired) electrons. The number of aliphatic hydroxyl groups is 2. The molecule has 1 fully saturated rings. The Labute approximate surface area is 115 Å². The highest BCUT2D eigenvalue weighted by molar-refractivity contribution is 5.96. The number of methoxy groups -OCH3 is 1. The van der Waals surface area contributed by atoms with Crippen molar-refractivity contribution < 1.29 is 19.7 Å². The van der Waals surface area contributed by atoms with E-state index in [1.807, 2.05) is 0 Å². The molecule has 0 aromatic rings. The number of hydrogen-bond donors (Lipinski definition) is 3. The third kappa shape index (κ3) is 1.90. The lowest BCUT2D eigenvalue weighted by Crippen LogP contribution is -2.51. The van der Waals surface area contributed by atoms with Crippen LogP contribution in [0.2, 0.25) is 0 Å². The maximum Gasteiger partial charge on any atom is 0.162 e. The number of nitrogens with two attached hydrogens (primary N) is 1. The fourth-order valence-electron chi connectivity index (χ4n) is 2.67. The molecule has 9 nitrogen and oxygen atoms in total. The van der Waals surface area contributed by atoms with E-state index < -0.39 is 24.5 Å². The van der Waals surface area contributed by atoms with Crippen molar-refractivity contribution in [2.75, 3.05) is 13.7 Å². The molecule has 1 saturated heterocycles. The smallest absolute Gasteiger partial charge is 0.162 e. The van der Waals surface area contributed by atoms with Crippen LogP contribution in [-0.4, -0.2) is 84.1 Å². The van der Waals surface area contributed by atoms with Gasteiger partial charge in [0, 0.05) is 7.11 Å². The maximum atomic E-state index is 10.1. The molecule has 110 valence electrons. The number of hydrogen-bond acceptors (Lipinski definition) is 9. The van der Waals surface area contributed by atoms with E-state index in [0.717, 1.165) is 0 Å². The minimum Gasteiger partial charge on any atom is -0.394 e. The standard InChI is InChI=1S/C11H17N5O4/c1-19-8-7(18)5(2-17)20-11(8)16-4-15-6-9(12)13-3-14-10(6)16/h3-8,10-11,17-18H,2H2,1H3,(H2,12,13,14). The lowest BCUT2D eigenvalue weighted by molar-refractivity contribution is -0.0854. The highest BCUT2D eigenvalue weighted by Gasteiger charge is 2.50. The van der Waals surface area contributed by atoms with Gasteiger partial charge in [0.1, 0.15) is 36.5 Å². The van der Waals surface area contributed by atoms with E-state index in [1.54, 1.807) is 11.2 Å². The number of rotatable bonds is 3. The number of aliphatic imine (C=N–C) groups is 3. The largest absolute Gasteiger partial charge is 0.394 e. The van der Waals surface area contributed by atoms with Crippen molar-refractivity contribution >= 4 is 18.5 Å². The minimum atomic E-state index is -0.916. The zero-order valence-corrected chi connectivity index (χ0v) is 10.9. The predicted octanol–water partition coefficient (Wildman–Crippen LogP) is -2.48. The highest BCUT2D eigenvalue weighted by atomic mass is 16.6. The summed E-state index contributed by atoms with van der Waals surface area (Å²) in [5.74, 6) is 0.384. The molecule has 0 spiro atoms. The summed E-state index contributed by atoms with van der Waals surface area (Å²) >= 11 is 0. The molecule has 0 aromatic carbocycles. The Kier molecular flexibility index (Phi) is 3.42. The second kappa shape index (κ2) is 5.09. The van der Waals surface area contributed by atoms with E-state index in [2.05, 4.69) is 15.0 Å². The first-order chi connectivity index (χ1) is 9.67. The van der Waals surface area contributed by atoms with Gasteiger partial charge in [0.15, 0.2) is 12.4 Å². The molecule has 6 atom stereocenters. The first-order valence-corrected chi connectivity index (χ1v) is 6.30. The van der Waals surface area contributed by atoms with Crippen LogP contribution in [-0.2, 0) is 9.47 Å². The molecule has 9 heteroatoms. The molecule has 6 unspecified atom stereocenters. The predicted molar refractivity (Wildman–Crippen MR) is 70.6 cm³/mol. The van der Waals surface area contributed by atoms with Crippen LogP contribution < -0.4 is 5.73 Å². The fourth-order valence-corrected chi connectivity index (χ4v) is 2.67. The molecule has 0 amide bonds. The Hall–Kier alpha value is -1.55. The molecule has 3 heterocycles. The molecule has 0 aromatic heterocycles. The molecule has 4 N–H and O–H groups in total. The second-order valence-electron chi connectivity index (χ2n) is 4.83. The van der Waals surface area contributed by atoms with Crippen molar-refractivity contribution in [2.24, 2.45) is 20.7 Å². The maximum absolute atomic E-state index is 10.1. The Bertz CT molecular complexity index is 468. The van der Waals surface area contributed by atoms with Gasteiger partial charge in [-0.1, -0.05) is 0 Å². The summed E-state index contributed by atoms with van der Waals surface area (Å²) in [4.78, 5) is 14.2. The molecule has 20 heavy (non-hydrogen) atoms. The van der Waals surface area contributed by atoms with Crippen LogP contribution in [0.25, 0.3) is 0 Å². The Balaban J connectivity index is 1.82. The van der Waals surface area contributed by atoms with E-state index >= 15 is 0 Å². The number of ether oxygens (including phenoxy) is 2. The molecule has 3 aliphatic rings. The van der Waals surface area contributed by atoms with Gasteiger partial charge in [-0.3, -0.25) is 4.99 Å². The lowest BCUT2D eigenvalue weighted by Gasteiger charge is -2.32. The average molecular weight is 283 g/mol. The van der Waals surface area contributed by atoms with Gasteiger partial charge in [-0.2, -0.15) is 0 Å². The van der Waals surface area contributed by atoms with Gasteiger partial charge in [0.2, 0.25) is 0 Å². The average Bonchev–Trinajstić information content (AvgIpc) is 3.00. The normalized spacial score (nSPS) is 43.0. The number of amidine groups is 1. The van der Waals surface area contributed by atoms with E-state index in [9.17, 15) is 10.2 Å². The minimum absolute atomic E-state index is 0.288. The van der Waals surface area contributed by atoms with E-state index in [0.29, 0.717) is 5.84 Å². The van der Waals surface area contributed by atoms with Gasteiger partial charge in [0.25, 0.3) is 0 Å². The number of fused-ring (bicyclic) bond motifs is 1. The van der Waals surface area contributed by atoms with Crippen LogP contribution in [0.5, 0.6) is 0 Å². The summed E-state index contributed by atoms with van der Waals surface area (Å²) in [5.41, 5.74) is 5.79. The summed E-state index contributed by atoms with van der Waals surface area (Å²) in [6, 6.07) is -0.355. The van der Waals surface area contributed by atoms with Crippen molar-refractivity contribution in [1.82, 2.24) is 4.90 Å². The second-order valence-corrected chi connectivity index (χ2v) is 4.83. The van der Waals surface area contributed by atoms with Gasteiger partial charge in [-0.25, -0.2) is 9.98 Å². The van der Waals surface area contributed by atoms with Crippen LogP contribution in [0.3, 0.4) is 0 Å². The van der Waals surface area contributed by atoms with Crippen molar-refractivity contribution in [3.8, 4) is 0 Å². The van der Waals surface area contributed by atoms with Crippen LogP contribution in [0.4, 0.5) is 0 Å². The van der Waals surface area contributed by atoms with Crippen molar-refractivity contribution in [1.29, 1.82) is 0 Å². The Morgan fingerprint density at radius 2 is 2.30 bits per heavy atom. The van der Waals surface area contributed by atoms with Crippen LogP contribution >= 0.6 is 0 Å². The summed E-state index contributed by atoms with van der Waals surface area (Å²) in [7, 11) is 1.48. The zero-order valence-electron chi connectivity index (χ0n) is 10.9. The van der Waals surface area contributed by atoms with Gasteiger partial charge < -0.3 is 30.3 Å². The summed E-state index contributed by atoms with van der Waals surface area (Å²) in [6.45, 7) is -0.288. The van der Waals surface area contributed by atoms with Gasteiger partial charge in [-0.05, 0) is 0 Å². The SMILES string of the molecule is COC1C(O)C(CO)OC1N1C=NC2C(N)=NC=NC21. The van der Waals surface area contributed by atoms with E-state index in [4.69, 9.17) is 15.2 Å². The third-order valence-electron chi connectivity index (χ3n) is 3.74. The van der Waals surface area contributed by atoms with Gasteiger partial charge in [-0.15, -0.1) is 0 Å². The zero-order chi connectivity index (χ0) is 14.3. The Morgan fingerprint density at radius 3 is 3.00 bits per heavy atom. The molecule has 0 saturated carbocycles. The molecule has 0 aliphatic carbocycles. The van der Waals surface area contributed by atoms with Gasteiger partial charge in [0.05, 0.1) is 12.9 Å².